The van der Waals surface area contributed by atoms with E-state index in [9.17, 15) is 9.59 Å². The lowest BCUT2D eigenvalue weighted by Crippen LogP contribution is -2.47. The fourth-order valence-electron chi connectivity index (χ4n) is 2.73. The van der Waals surface area contributed by atoms with E-state index in [0.717, 1.165) is 35.5 Å². The molecule has 0 aliphatic carbocycles. The highest BCUT2D eigenvalue weighted by Gasteiger charge is 2.35. The highest BCUT2D eigenvalue weighted by Crippen LogP contribution is 2.30. The summed E-state index contributed by atoms with van der Waals surface area (Å²) in [6.45, 7) is 5.39. The molecule has 0 spiro atoms. The number of ether oxygens (including phenoxy) is 1. The van der Waals surface area contributed by atoms with Gasteiger partial charge in [0.2, 0.25) is 0 Å². The molecule has 0 bridgehead atoms. The number of aromatic nitrogens is 1. The molecule has 2 heterocycles. The zero-order valence-electron chi connectivity index (χ0n) is 15.1. The summed E-state index contributed by atoms with van der Waals surface area (Å²) in [4.78, 5) is 24.0. The first-order valence-corrected chi connectivity index (χ1v) is 9.13. The number of amides is 1. The number of benzene rings is 1. The molecule has 4 N–H and O–H groups in total. The molecule has 1 unspecified atom stereocenters. The molecule has 0 fully saturated rings. The van der Waals surface area contributed by atoms with Crippen LogP contribution in [0.2, 0.25) is 0 Å². The summed E-state index contributed by atoms with van der Waals surface area (Å²) in [5, 5.41) is 18.2. The van der Waals surface area contributed by atoms with E-state index in [0.29, 0.717) is 16.3 Å². The zero-order chi connectivity index (χ0) is 19.6. The van der Waals surface area contributed by atoms with Crippen LogP contribution in [0.3, 0.4) is 0 Å². The molecule has 1 atom stereocenters. The van der Waals surface area contributed by atoms with E-state index in [1.807, 2.05) is 31.2 Å². The maximum atomic E-state index is 12.9. The number of carboxylic acids is 1. The van der Waals surface area contributed by atoms with Crippen molar-refractivity contribution in [2.75, 3.05) is 10.6 Å². The second kappa shape index (κ2) is 7.28. The smallest absolute Gasteiger partial charge is 0.355 e. The quantitative estimate of drug-likeness (QED) is 0.602. The predicted molar refractivity (Wildman–Crippen MR) is 103 cm³/mol. The minimum absolute atomic E-state index is 0.0749. The molecule has 0 saturated carbocycles. The summed E-state index contributed by atoms with van der Waals surface area (Å²) in [5.41, 5.74) is 2.67. The average Bonchev–Trinajstić information content (AvgIpc) is 3.19. The molecule has 2 aromatic rings. The second-order valence-corrected chi connectivity index (χ2v) is 6.95. The van der Waals surface area contributed by atoms with E-state index < -0.39 is 11.8 Å². The summed E-state index contributed by atoms with van der Waals surface area (Å²) in [6, 6.07) is 7.60. The third-order valence-electron chi connectivity index (χ3n) is 4.10. The third kappa shape index (κ3) is 3.87. The van der Waals surface area contributed by atoms with E-state index in [1.165, 1.54) is 0 Å². The minimum Gasteiger partial charge on any atom is -0.476 e. The van der Waals surface area contributed by atoms with Gasteiger partial charge >= 0.3 is 5.97 Å². The molecule has 1 aliphatic heterocycles. The summed E-state index contributed by atoms with van der Waals surface area (Å²) in [5.74, 6) is -2.61. The van der Waals surface area contributed by atoms with Crippen molar-refractivity contribution < 1.29 is 19.4 Å². The highest BCUT2D eigenvalue weighted by atomic mass is 32.1. The van der Waals surface area contributed by atoms with Gasteiger partial charge < -0.3 is 25.8 Å². The Morgan fingerprint density at radius 2 is 2.11 bits per heavy atom. The lowest BCUT2D eigenvalue weighted by Gasteiger charge is -2.26. The van der Waals surface area contributed by atoms with Crippen LogP contribution in [0.25, 0.3) is 0 Å². The first-order chi connectivity index (χ1) is 12.8. The second-order valence-electron chi connectivity index (χ2n) is 6.17. The van der Waals surface area contributed by atoms with E-state index in [4.69, 9.17) is 9.84 Å². The number of aliphatic carboxylic acids is 1. The van der Waals surface area contributed by atoms with Crippen LogP contribution in [-0.4, -0.2) is 27.2 Å². The van der Waals surface area contributed by atoms with Gasteiger partial charge in [0.25, 0.3) is 11.8 Å². The van der Waals surface area contributed by atoms with Crippen molar-refractivity contribution in [1.82, 2.24) is 9.69 Å². The molecule has 8 nitrogen and oxygen atoms in total. The molecule has 3 rings (SSSR count). The SMILES string of the molecule is CCc1ccccc1NC(=O)c1c(C)nsc1NC1(C)NC(C(=O)O)=CO1. The molecule has 1 aromatic carbocycles. The van der Waals surface area contributed by atoms with Gasteiger partial charge in [-0.2, -0.15) is 4.37 Å². The molecule has 1 aromatic heterocycles. The lowest BCUT2D eigenvalue weighted by molar-refractivity contribution is -0.133. The van der Waals surface area contributed by atoms with Crippen LogP contribution in [0.15, 0.2) is 36.2 Å². The Kier molecular flexibility index (Phi) is 5.04. The number of nitrogens with zero attached hydrogens (tertiary/aromatic N) is 1. The number of carboxylic acid groups (broad SMARTS) is 1. The van der Waals surface area contributed by atoms with Crippen LogP contribution in [-0.2, 0) is 16.0 Å². The number of anilines is 2. The number of nitrogens with one attached hydrogen (secondary N) is 3. The Morgan fingerprint density at radius 3 is 2.78 bits per heavy atom. The van der Waals surface area contributed by atoms with Gasteiger partial charge in [-0.15, -0.1) is 0 Å². The van der Waals surface area contributed by atoms with Crippen LogP contribution >= 0.6 is 11.5 Å². The van der Waals surface area contributed by atoms with Crippen molar-refractivity contribution >= 4 is 34.1 Å². The number of hydrogen-bond donors (Lipinski definition) is 4. The van der Waals surface area contributed by atoms with Crippen molar-refractivity contribution in [1.29, 1.82) is 0 Å². The Hall–Kier alpha value is -3.07. The molecule has 0 radical (unpaired) electrons. The Balaban J connectivity index is 1.81. The Labute approximate surface area is 160 Å². The number of carbonyl (C=O) groups is 2. The molecule has 0 saturated heterocycles. The average molecular weight is 388 g/mol. The van der Waals surface area contributed by atoms with Crippen LogP contribution in [0.4, 0.5) is 10.7 Å². The van der Waals surface area contributed by atoms with Gasteiger partial charge in [0, 0.05) is 12.6 Å². The van der Waals surface area contributed by atoms with Gasteiger partial charge in [-0.1, -0.05) is 25.1 Å². The monoisotopic (exact) mass is 388 g/mol. The Bertz CT molecular complexity index is 924. The molecule has 142 valence electrons. The maximum absolute atomic E-state index is 12.9. The van der Waals surface area contributed by atoms with Crippen molar-refractivity contribution in [2.24, 2.45) is 0 Å². The number of rotatable bonds is 6. The van der Waals surface area contributed by atoms with Crippen LogP contribution in [0, 0.1) is 6.92 Å². The molecular formula is C18H20N4O4S. The van der Waals surface area contributed by atoms with Crippen LogP contribution < -0.4 is 16.0 Å². The normalized spacial score (nSPS) is 18.3. The van der Waals surface area contributed by atoms with Gasteiger partial charge in [0.1, 0.15) is 11.3 Å². The first-order valence-electron chi connectivity index (χ1n) is 8.36. The number of aryl methyl sites for hydroxylation is 2. The fraction of sp³-hybridized carbons (Fsp3) is 0.278. The van der Waals surface area contributed by atoms with Crippen molar-refractivity contribution in [3.05, 3.63) is 53.0 Å². The largest absolute Gasteiger partial charge is 0.476 e. The van der Waals surface area contributed by atoms with E-state index >= 15 is 0 Å². The van der Waals surface area contributed by atoms with Gasteiger partial charge in [-0.25, -0.2) is 4.79 Å². The molecule has 1 amide bonds. The van der Waals surface area contributed by atoms with Crippen molar-refractivity contribution in [2.45, 2.75) is 33.0 Å². The number of para-hydroxylation sites is 1. The Morgan fingerprint density at radius 1 is 1.37 bits per heavy atom. The number of carbonyl (C=O) groups excluding carboxylic acids is 1. The van der Waals surface area contributed by atoms with Gasteiger partial charge in [-0.05, 0) is 36.5 Å². The fourth-order valence-corrected chi connectivity index (χ4v) is 3.62. The zero-order valence-corrected chi connectivity index (χ0v) is 15.9. The molecule has 1 aliphatic rings. The highest BCUT2D eigenvalue weighted by molar-refractivity contribution is 7.10. The van der Waals surface area contributed by atoms with E-state index in [2.05, 4.69) is 20.3 Å². The van der Waals surface area contributed by atoms with Gasteiger partial charge in [0.05, 0.1) is 11.3 Å². The minimum atomic E-state index is -1.19. The molecule has 9 heteroatoms. The predicted octanol–water partition coefficient (Wildman–Crippen LogP) is 2.90. The van der Waals surface area contributed by atoms with Crippen molar-refractivity contribution in [3.8, 4) is 0 Å². The topological polar surface area (TPSA) is 113 Å². The third-order valence-corrected chi connectivity index (χ3v) is 4.96. The van der Waals surface area contributed by atoms with Crippen LogP contribution in [0.1, 0.15) is 35.5 Å². The van der Waals surface area contributed by atoms with Gasteiger partial charge in [-0.3, -0.25) is 4.79 Å². The standard InChI is InChI=1S/C18H20N4O4S/c1-4-11-7-5-6-8-12(11)19-15(23)14-10(2)22-27-16(14)21-18(3)20-13(9-26-18)17(24)25/h5-9,20-21H,4H2,1-3H3,(H,19,23)(H,24,25). The number of hydrogen-bond acceptors (Lipinski definition) is 7. The van der Waals surface area contributed by atoms with Gasteiger partial charge in [0.15, 0.2) is 5.70 Å². The lowest BCUT2D eigenvalue weighted by atomic mass is 10.1. The maximum Gasteiger partial charge on any atom is 0.355 e. The summed E-state index contributed by atoms with van der Waals surface area (Å²) in [6.07, 6.45) is 1.92. The van der Waals surface area contributed by atoms with Crippen LogP contribution in [0.5, 0.6) is 0 Å². The summed E-state index contributed by atoms with van der Waals surface area (Å²) in [7, 11) is 0. The van der Waals surface area contributed by atoms with E-state index in [-0.39, 0.29) is 11.6 Å². The molecule has 27 heavy (non-hydrogen) atoms. The van der Waals surface area contributed by atoms with Crippen molar-refractivity contribution in [3.63, 3.8) is 0 Å². The van der Waals surface area contributed by atoms with E-state index in [1.54, 1.807) is 13.8 Å². The summed E-state index contributed by atoms with van der Waals surface area (Å²) < 4.78 is 9.65. The molecular weight excluding hydrogens is 368 g/mol. The first kappa shape index (κ1) is 18.7. The summed E-state index contributed by atoms with van der Waals surface area (Å²) >= 11 is 1.11.